The van der Waals surface area contributed by atoms with Gasteiger partial charge >= 0.3 is 0 Å². The van der Waals surface area contributed by atoms with Crippen LogP contribution in [0.2, 0.25) is 5.02 Å². The molecule has 0 radical (unpaired) electrons. The van der Waals surface area contributed by atoms with Gasteiger partial charge in [-0.25, -0.2) is 0 Å². The molecule has 0 fully saturated rings. The average Bonchev–Trinajstić information content (AvgIpc) is 3.12. The van der Waals surface area contributed by atoms with E-state index in [0.717, 1.165) is 6.42 Å². The van der Waals surface area contributed by atoms with Crippen LogP contribution in [0.1, 0.15) is 30.7 Å². The molecule has 30 heavy (non-hydrogen) atoms. The minimum absolute atomic E-state index is 0.0173. The van der Waals surface area contributed by atoms with Gasteiger partial charge in [0.05, 0.1) is 5.75 Å². The molecular weight excluding hydrogens is 420 g/mol. The second-order valence-electron chi connectivity index (χ2n) is 6.81. The van der Waals surface area contributed by atoms with Crippen molar-refractivity contribution in [3.8, 4) is 5.75 Å². The molecule has 0 bridgehead atoms. The molecular formula is C22H25ClN4O2S. The van der Waals surface area contributed by atoms with Crippen LogP contribution in [0.4, 0.5) is 0 Å². The number of carbonyl (C=O) groups excluding carboxylic acids is 1. The fourth-order valence-electron chi connectivity index (χ4n) is 2.92. The number of halogens is 1. The molecule has 158 valence electrons. The summed E-state index contributed by atoms with van der Waals surface area (Å²) in [7, 11) is 1.86. The molecule has 0 aliphatic rings. The molecule has 0 saturated heterocycles. The van der Waals surface area contributed by atoms with E-state index in [-0.39, 0.29) is 18.3 Å². The van der Waals surface area contributed by atoms with Crippen molar-refractivity contribution in [3.63, 3.8) is 0 Å². The lowest BCUT2D eigenvalue weighted by atomic mass is 9.96. The lowest BCUT2D eigenvalue weighted by Crippen LogP contribution is -2.29. The molecule has 1 aromatic heterocycles. The zero-order valence-electron chi connectivity index (χ0n) is 17.0. The quantitative estimate of drug-likeness (QED) is 0.468. The molecule has 8 heteroatoms. The monoisotopic (exact) mass is 444 g/mol. The molecule has 0 saturated carbocycles. The van der Waals surface area contributed by atoms with E-state index in [2.05, 4.69) is 34.6 Å². The van der Waals surface area contributed by atoms with Gasteiger partial charge in [-0.1, -0.05) is 60.6 Å². The largest absolute Gasteiger partial charge is 0.486 e. The molecule has 1 atom stereocenters. The second-order valence-corrected chi connectivity index (χ2v) is 8.19. The maximum absolute atomic E-state index is 12.3. The predicted molar refractivity (Wildman–Crippen MR) is 120 cm³/mol. The SMILES string of the molecule is CC[C@@H](CNC(=O)CSc1nnc(COc2ccc(Cl)cc2)n1C)c1ccccc1. The number of nitrogens with zero attached hydrogens (tertiary/aromatic N) is 3. The van der Waals surface area contributed by atoms with E-state index in [9.17, 15) is 4.79 Å². The Kier molecular flexibility index (Phi) is 8.16. The van der Waals surface area contributed by atoms with Crippen molar-refractivity contribution in [2.24, 2.45) is 7.05 Å². The van der Waals surface area contributed by atoms with Gasteiger partial charge in [0.1, 0.15) is 12.4 Å². The molecule has 1 heterocycles. The minimum Gasteiger partial charge on any atom is -0.486 e. The zero-order valence-corrected chi connectivity index (χ0v) is 18.6. The Morgan fingerprint density at radius 3 is 2.60 bits per heavy atom. The number of hydrogen-bond acceptors (Lipinski definition) is 5. The highest BCUT2D eigenvalue weighted by molar-refractivity contribution is 7.99. The number of rotatable bonds is 10. The van der Waals surface area contributed by atoms with Crippen molar-refractivity contribution in [1.82, 2.24) is 20.1 Å². The van der Waals surface area contributed by atoms with E-state index in [4.69, 9.17) is 16.3 Å². The maximum Gasteiger partial charge on any atom is 0.230 e. The third-order valence-electron chi connectivity index (χ3n) is 4.75. The molecule has 0 unspecified atom stereocenters. The molecule has 3 rings (SSSR count). The van der Waals surface area contributed by atoms with Crippen LogP contribution in [-0.4, -0.2) is 33.0 Å². The number of hydrogen-bond donors (Lipinski definition) is 1. The van der Waals surface area contributed by atoms with Gasteiger partial charge in [0, 0.05) is 24.5 Å². The minimum atomic E-state index is -0.0173. The van der Waals surface area contributed by atoms with Gasteiger partial charge in [0.25, 0.3) is 0 Å². The predicted octanol–water partition coefficient (Wildman–Crippen LogP) is 4.45. The van der Waals surface area contributed by atoms with Gasteiger partial charge in [-0.05, 0) is 36.2 Å². The summed E-state index contributed by atoms with van der Waals surface area (Å²) in [5.74, 6) is 1.97. The van der Waals surface area contributed by atoms with Gasteiger partial charge in [-0.15, -0.1) is 10.2 Å². The van der Waals surface area contributed by atoms with E-state index in [1.54, 1.807) is 24.3 Å². The van der Waals surface area contributed by atoms with Gasteiger partial charge in [-0.2, -0.15) is 0 Å². The topological polar surface area (TPSA) is 69.0 Å². The van der Waals surface area contributed by atoms with E-state index < -0.39 is 0 Å². The van der Waals surface area contributed by atoms with E-state index in [1.807, 2.05) is 29.8 Å². The fraction of sp³-hybridized carbons (Fsp3) is 0.318. The van der Waals surface area contributed by atoms with Gasteiger partial charge in [0.2, 0.25) is 5.91 Å². The van der Waals surface area contributed by atoms with Crippen molar-refractivity contribution >= 4 is 29.3 Å². The van der Waals surface area contributed by atoms with Crippen LogP contribution in [0.25, 0.3) is 0 Å². The molecule has 1 amide bonds. The Labute approximate surface area is 186 Å². The first-order chi connectivity index (χ1) is 14.6. The highest BCUT2D eigenvalue weighted by atomic mass is 35.5. The molecule has 2 aromatic carbocycles. The maximum atomic E-state index is 12.3. The first-order valence-corrected chi connectivity index (χ1v) is 11.1. The lowest BCUT2D eigenvalue weighted by molar-refractivity contribution is -0.118. The van der Waals surface area contributed by atoms with Gasteiger partial charge < -0.3 is 14.6 Å². The second kappa shape index (κ2) is 11.0. The van der Waals surface area contributed by atoms with Gasteiger partial charge in [-0.3, -0.25) is 4.79 Å². The van der Waals surface area contributed by atoms with Crippen molar-refractivity contribution in [2.75, 3.05) is 12.3 Å². The van der Waals surface area contributed by atoms with Gasteiger partial charge in [0.15, 0.2) is 11.0 Å². The number of amides is 1. The summed E-state index contributed by atoms with van der Waals surface area (Å²) in [6.07, 6.45) is 0.970. The standard InChI is InChI=1S/C22H25ClN4O2S/c1-3-16(17-7-5-4-6-8-17)13-24-21(28)15-30-22-26-25-20(27(22)2)14-29-19-11-9-18(23)10-12-19/h4-12,16H,3,13-15H2,1-2H3,(H,24,28)/t16-/m0/s1. The Hall–Kier alpha value is -2.51. The molecule has 1 N–H and O–H groups in total. The first-order valence-electron chi connectivity index (χ1n) is 9.78. The Bertz CT molecular complexity index is 948. The highest BCUT2D eigenvalue weighted by Crippen LogP contribution is 2.20. The van der Waals surface area contributed by atoms with Crippen LogP contribution in [0.5, 0.6) is 5.75 Å². The van der Waals surface area contributed by atoms with Crippen molar-refractivity contribution in [3.05, 3.63) is 71.0 Å². The summed E-state index contributed by atoms with van der Waals surface area (Å²) in [5, 5.41) is 12.7. The summed E-state index contributed by atoms with van der Waals surface area (Å²) < 4.78 is 7.56. The molecule has 6 nitrogen and oxygen atoms in total. The van der Waals surface area contributed by atoms with Crippen molar-refractivity contribution in [2.45, 2.75) is 31.0 Å². The Morgan fingerprint density at radius 2 is 1.90 bits per heavy atom. The van der Waals surface area contributed by atoms with E-state index in [0.29, 0.717) is 34.2 Å². The van der Waals surface area contributed by atoms with Crippen LogP contribution < -0.4 is 10.1 Å². The number of benzene rings is 2. The molecule has 3 aromatic rings. The fourth-order valence-corrected chi connectivity index (χ4v) is 3.80. The smallest absolute Gasteiger partial charge is 0.230 e. The average molecular weight is 445 g/mol. The molecule has 0 aliphatic heterocycles. The summed E-state index contributed by atoms with van der Waals surface area (Å²) in [4.78, 5) is 12.3. The number of nitrogens with one attached hydrogen (secondary N) is 1. The lowest BCUT2D eigenvalue weighted by Gasteiger charge is -2.16. The number of aromatic nitrogens is 3. The van der Waals surface area contributed by atoms with Crippen molar-refractivity contribution in [1.29, 1.82) is 0 Å². The van der Waals surface area contributed by atoms with Crippen LogP contribution in [0.15, 0.2) is 59.8 Å². The van der Waals surface area contributed by atoms with E-state index >= 15 is 0 Å². The van der Waals surface area contributed by atoms with Crippen LogP contribution in [-0.2, 0) is 18.4 Å². The highest BCUT2D eigenvalue weighted by Gasteiger charge is 2.14. The van der Waals surface area contributed by atoms with Crippen molar-refractivity contribution < 1.29 is 9.53 Å². The van der Waals surface area contributed by atoms with Crippen LogP contribution in [0, 0.1) is 0 Å². The van der Waals surface area contributed by atoms with E-state index in [1.165, 1.54) is 17.3 Å². The number of ether oxygens (including phenoxy) is 1. The normalized spacial score (nSPS) is 11.8. The number of carbonyl (C=O) groups is 1. The van der Waals surface area contributed by atoms with Crippen LogP contribution >= 0.6 is 23.4 Å². The summed E-state index contributed by atoms with van der Waals surface area (Å²) in [5.41, 5.74) is 1.24. The first kappa shape index (κ1) is 22.2. The Morgan fingerprint density at radius 1 is 1.17 bits per heavy atom. The summed E-state index contributed by atoms with van der Waals surface area (Å²) in [6.45, 7) is 3.04. The zero-order chi connectivity index (χ0) is 21.3. The van der Waals surface area contributed by atoms with Crippen LogP contribution in [0.3, 0.4) is 0 Å². The summed E-state index contributed by atoms with van der Waals surface area (Å²) >= 11 is 7.24. The Balaban J connectivity index is 1.46. The molecule has 0 spiro atoms. The summed E-state index contributed by atoms with van der Waals surface area (Å²) in [6, 6.07) is 17.4. The number of thioether (sulfide) groups is 1. The third-order valence-corrected chi connectivity index (χ3v) is 6.02. The third kappa shape index (κ3) is 6.24. The molecule has 0 aliphatic carbocycles.